The van der Waals surface area contributed by atoms with Crippen molar-refractivity contribution in [2.75, 3.05) is 6.61 Å². The van der Waals surface area contributed by atoms with Gasteiger partial charge in [0.1, 0.15) is 6.61 Å². The van der Waals surface area contributed by atoms with Crippen molar-refractivity contribution in [1.29, 1.82) is 0 Å². The fourth-order valence-electron chi connectivity index (χ4n) is 4.88. The summed E-state index contributed by atoms with van der Waals surface area (Å²) in [6.45, 7) is 11.1. The van der Waals surface area contributed by atoms with Crippen LogP contribution in [0.4, 0.5) is 0 Å². The van der Waals surface area contributed by atoms with E-state index in [1.165, 1.54) is 30.1 Å². The minimum Gasteiger partial charge on any atom is -0.458 e. The van der Waals surface area contributed by atoms with Crippen LogP contribution in [0, 0.1) is 11.3 Å². The van der Waals surface area contributed by atoms with E-state index >= 15 is 0 Å². The van der Waals surface area contributed by atoms with Gasteiger partial charge in [0, 0.05) is 6.08 Å². The second-order valence-electron chi connectivity index (χ2n) is 9.55. The molecule has 1 saturated carbocycles. The fraction of sp³-hybridized carbons (Fsp3) is 0.500. The van der Waals surface area contributed by atoms with Crippen molar-refractivity contribution in [3.05, 3.63) is 65.8 Å². The Hall–Kier alpha value is -2.14. The Morgan fingerprint density at radius 1 is 1.29 bits per heavy atom. The van der Waals surface area contributed by atoms with Crippen LogP contribution in [-0.4, -0.2) is 26.2 Å². The van der Waals surface area contributed by atoms with Gasteiger partial charge in [0.25, 0.3) is 0 Å². The molecule has 2 atom stereocenters. The number of hydrogen-bond acceptors (Lipinski definition) is 4. The average molecular weight is 443 g/mol. The zero-order valence-electron chi connectivity index (χ0n) is 18.9. The van der Waals surface area contributed by atoms with Crippen LogP contribution in [0.5, 0.6) is 0 Å². The molecule has 3 rings (SSSR count). The number of hydrogen-bond donors (Lipinski definition) is 0. The summed E-state index contributed by atoms with van der Waals surface area (Å²) < 4.78 is 31.7. The van der Waals surface area contributed by atoms with Gasteiger partial charge in [0.15, 0.2) is 9.84 Å². The first kappa shape index (κ1) is 23.5. The summed E-state index contributed by atoms with van der Waals surface area (Å²) in [5.74, 6) is 0.0269. The van der Waals surface area contributed by atoms with Crippen LogP contribution in [0.15, 0.2) is 70.7 Å². The summed E-state index contributed by atoms with van der Waals surface area (Å²) in [7, 11) is -3.63. The Balaban J connectivity index is 1.75. The highest BCUT2D eigenvalue weighted by Gasteiger charge is 2.35. The van der Waals surface area contributed by atoms with Gasteiger partial charge in [-0.2, -0.15) is 0 Å². The van der Waals surface area contributed by atoms with Crippen molar-refractivity contribution in [2.45, 2.75) is 69.4 Å². The minimum absolute atomic E-state index is 0.0402. The van der Waals surface area contributed by atoms with Crippen LogP contribution >= 0.6 is 0 Å². The zero-order valence-corrected chi connectivity index (χ0v) is 19.7. The topological polar surface area (TPSA) is 60.4 Å². The van der Waals surface area contributed by atoms with Crippen LogP contribution in [0.2, 0.25) is 0 Å². The predicted octanol–water partition coefficient (Wildman–Crippen LogP) is 5.81. The van der Waals surface area contributed by atoms with Gasteiger partial charge in [-0.15, -0.1) is 0 Å². The molecule has 2 unspecified atom stereocenters. The molecule has 4 nitrogen and oxygen atoms in total. The summed E-state index contributed by atoms with van der Waals surface area (Å²) in [4.78, 5) is 11.9. The number of carbonyl (C=O) groups excluding carboxylic acids is 1. The molecule has 2 aliphatic rings. The van der Waals surface area contributed by atoms with E-state index < -0.39 is 21.1 Å². The molecule has 1 heterocycles. The molecule has 0 amide bonds. The zero-order chi connectivity index (χ0) is 22.6. The molecule has 1 aromatic rings. The summed E-state index contributed by atoms with van der Waals surface area (Å²) in [5.41, 5.74) is 3.31. The van der Waals surface area contributed by atoms with Crippen LogP contribution in [-0.2, 0) is 19.4 Å². The van der Waals surface area contributed by atoms with Gasteiger partial charge in [-0.1, -0.05) is 55.8 Å². The Morgan fingerprint density at radius 3 is 2.61 bits per heavy atom. The largest absolute Gasteiger partial charge is 0.458 e. The maximum absolute atomic E-state index is 13.3. The molecule has 168 valence electrons. The molecule has 0 aromatic heterocycles. The lowest BCUT2D eigenvalue weighted by Crippen LogP contribution is -2.29. The smallest absolute Gasteiger partial charge is 0.331 e. The molecule has 0 radical (unpaired) electrons. The van der Waals surface area contributed by atoms with E-state index in [-0.39, 0.29) is 16.9 Å². The van der Waals surface area contributed by atoms with E-state index in [0.29, 0.717) is 17.9 Å². The van der Waals surface area contributed by atoms with Crippen molar-refractivity contribution in [1.82, 2.24) is 0 Å². The third kappa shape index (κ3) is 5.57. The molecular formula is C26H34O4S. The number of benzene rings is 1. The minimum atomic E-state index is -3.63. The van der Waals surface area contributed by atoms with Crippen molar-refractivity contribution in [2.24, 2.45) is 11.3 Å². The molecular weight excluding hydrogens is 408 g/mol. The summed E-state index contributed by atoms with van der Waals surface area (Å²) in [6, 6.07) is 8.44. The molecule has 0 N–H and O–H groups in total. The van der Waals surface area contributed by atoms with Crippen LogP contribution in [0.1, 0.15) is 59.3 Å². The maximum Gasteiger partial charge on any atom is 0.331 e. The first-order chi connectivity index (χ1) is 14.6. The van der Waals surface area contributed by atoms with Crippen LogP contribution < -0.4 is 0 Å². The van der Waals surface area contributed by atoms with Crippen LogP contribution in [0.3, 0.4) is 0 Å². The molecule has 0 spiro atoms. The van der Waals surface area contributed by atoms with Crippen molar-refractivity contribution < 1.29 is 17.9 Å². The summed E-state index contributed by atoms with van der Waals surface area (Å²) >= 11 is 0. The molecule has 0 saturated heterocycles. The third-order valence-corrected chi connectivity index (χ3v) is 8.98. The van der Waals surface area contributed by atoms with Gasteiger partial charge in [-0.05, 0) is 74.5 Å². The SMILES string of the molecule is C=C1CCCC(C)(C)C1CC/C(C)=C/CC(C1=CC(=O)OC1)S(=O)(=O)c1ccccc1. The Labute approximate surface area is 187 Å². The van der Waals surface area contributed by atoms with Crippen molar-refractivity contribution >= 4 is 15.8 Å². The van der Waals surface area contributed by atoms with Gasteiger partial charge in [0.2, 0.25) is 0 Å². The lowest BCUT2D eigenvalue weighted by molar-refractivity contribution is -0.134. The molecule has 1 aliphatic carbocycles. The second kappa shape index (κ2) is 9.56. The number of allylic oxidation sites excluding steroid dienone is 3. The highest BCUT2D eigenvalue weighted by Crippen LogP contribution is 2.45. The third-order valence-electron chi connectivity index (χ3n) is 6.81. The van der Waals surface area contributed by atoms with E-state index in [0.717, 1.165) is 19.3 Å². The number of cyclic esters (lactones) is 1. The normalized spacial score (nSPS) is 22.7. The lowest BCUT2D eigenvalue weighted by atomic mass is 9.65. The average Bonchev–Trinajstić information content (AvgIpc) is 3.13. The molecule has 1 aromatic carbocycles. The van der Waals surface area contributed by atoms with E-state index in [4.69, 9.17) is 4.74 Å². The summed E-state index contributed by atoms with van der Waals surface area (Å²) in [5, 5.41) is -0.794. The Morgan fingerprint density at radius 2 is 2.00 bits per heavy atom. The number of sulfone groups is 1. The number of esters is 1. The monoisotopic (exact) mass is 442 g/mol. The first-order valence-electron chi connectivity index (χ1n) is 11.1. The Kier molecular flexibility index (Phi) is 7.25. The standard InChI is InChI=1S/C26H34O4S/c1-19(12-14-23-20(2)9-8-16-26(23,3)4)13-15-24(21-17-25(27)30-18-21)31(28,29)22-10-6-5-7-11-22/h5-7,10-11,13,17,23-24H,2,8-9,12,14-16,18H2,1,3-4H3/b19-13+. The van der Waals surface area contributed by atoms with Crippen molar-refractivity contribution in [3.63, 3.8) is 0 Å². The first-order valence-corrected chi connectivity index (χ1v) is 12.7. The highest BCUT2D eigenvalue weighted by atomic mass is 32.2. The lowest BCUT2D eigenvalue weighted by Gasteiger charge is -2.40. The van der Waals surface area contributed by atoms with Gasteiger partial charge in [-0.25, -0.2) is 13.2 Å². The summed E-state index contributed by atoms with van der Waals surface area (Å²) in [6.07, 6.45) is 9.19. The van der Waals surface area contributed by atoms with Gasteiger partial charge < -0.3 is 4.74 Å². The van der Waals surface area contributed by atoms with E-state index in [9.17, 15) is 13.2 Å². The van der Waals surface area contributed by atoms with E-state index in [1.54, 1.807) is 30.3 Å². The van der Waals surface area contributed by atoms with Crippen molar-refractivity contribution in [3.8, 4) is 0 Å². The van der Waals surface area contributed by atoms with Gasteiger partial charge in [-0.3, -0.25) is 0 Å². The number of carbonyl (C=O) groups is 1. The molecule has 0 bridgehead atoms. The Bertz CT molecular complexity index is 983. The predicted molar refractivity (Wildman–Crippen MR) is 124 cm³/mol. The van der Waals surface area contributed by atoms with Crippen LogP contribution in [0.25, 0.3) is 0 Å². The number of rotatable bonds is 8. The van der Waals surface area contributed by atoms with E-state index in [2.05, 4.69) is 27.4 Å². The molecule has 1 fully saturated rings. The molecule has 31 heavy (non-hydrogen) atoms. The number of ether oxygens (including phenoxy) is 1. The second-order valence-corrected chi connectivity index (χ2v) is 11.7. The maximum atomic E-state index is 13.3. The molecule has 5 heteroatoms. The highest BCUT2D eigenvalue weighted by molar-refractivity contribution is 7.92. The van der Waals surface area contributed by atoms with Gasteiger partial charge in [0.05, 0.1) is 10.1 Å². The quantitative estimate of drug-likeness (QED) is 0.376. The van der Waals surface area contributed by atoms with Gasteiger partial charge >= 0.3 is 5.97 Å². The fourth-order valence-corrected chi connectivity index (χ4v) is 6.63. The molecule has 1 aliphatic heterocycles. The van der Waals surface area contributed by atoms with E-state index in [1.807, 2.05) is 6.08 Å².